The van der Waals surface area contributed by atoms with E-state index in [2.05, 4.69) is 0 Å². The van der Waals surface area contributed by atoms with Crippen molar-refractivity contribution < 1.29 is 26.8 Å². The Morgan fingerprint density at radius 2 is 1.43 bits per heavy atom. The van der Waals surface area contributed by atoms with Gasteiger partial charge in [-0.15, -0.1) is 0 Å². The quantitative estimate of drug-likeness (QED) is 0.459. The number of rotatable bonds is 0. The number of aliphatic hydroxyl groups excluding tert-OH is 1. The zero-order chi connectivity index (χ0) is 5.21. The molecule has 5 heteroatoms. The van der Waals surface area contributed by atoms with E-state index in [4.69, 9.17) is 39.9 Å². The molecule has 0 bridgehead atoms. The van der Waals surface area contributed by atoms with E-state index in [0.29, 0.717) is 0 Å². The van der Waals surface area contributed by atoms with Crippen molar-refractivity contribution in [2.75, 3.05) is 6.61 Å². The maximum Gasteiger partial charge on any atom is 0.213 e. The van der Waals surface area contributed by atoms with Gasteiger partial charge in [0, 0.05) is 21.7 Å². The Morgan fingerprint density at radius 1 is 1.29 bits per heavy atom. The third-order valence-corrected chi connectivity index (χ3v) is 0.538. The molecule has 0 aliphatic heterocycles. The van der Waals surface area contributed by atoms with Gasteiger partial charge in [0.1, 0.15) is 0 Å². The summed E-state index contributed by atoms with van der Waals surface area (Å²) in [6.07, 6.45) is 0. The second-order valence-corrected chi connectivity index (χ2v) is 3.29. The van der Waals surface area contributed by atoms with Crippen LogP contribution < -0.4 is 0 Å². The van der Waals surface area contributed by atoms with Gasteiger partial charge in [-0.3, -0.25) is 0 Å². The molecule has 0 radical (unpaired) electrons. The van der Waals surface area contributed by atoms with Crippen molar-refractivity contribution >= 4 is 34.8 Å². The molecule has 42 valence electrons. The van der Waals surface area contributed by atoms with E-state index in [1.165, 1.54) is 0 Å². The minimum Gasteiger partial charge on any atom is -0.392 e. The first-order valence-electron chi connectivity index (χ1n) is 1.24. The van der Waals surface area contributed by atoms with Crippen LogP contribution in [0.25, 0.3) is 0 Å². The van der Waals surface area contributed by atoms with Gasteiger partial charge in [0.05, 0.1) is 6.61 Å². The molecule has 0 unspecified atom stereocenters. The normalized spacial score (nSPS) is 10.3. The summed E-state index contributed by atoms with van der Waals surface area (Å²) in [4.78, 5) is 0. The van der Waals surface area contributed by atoms with Crippen molar-refractivity contribution in [3.8, 4) is 0 Å². The molecule has 0 spiro atoms. The van der Waals surface area contributed by atoms with Gasteiger partial charge in [0.15, 0.2) is 0 Å². The molecule has 0 aliphatic rings. The van der Waals surface area contributed by atoms with Gasteiger partial charge in [-0.05, 0) is 0 Å². The molecule has 1 N–H and O–H groups in total. The molecule has 7 heavy (non-hydrogen) atoms. The standard InChI is InChI=1S/C2H3Cl3O.Ti/c3-2(4,5)1-6;/h6H,1H2;. The van der Waals surface area contributed by atoms with Crippen LogP contribution in [0.2, 0.25) is 0 Å². The Morgan fingerprint density at radius 3 is 1.43 bits per heavy atom. The van der Waals surface area contributed by atoms with Crippen molar-refractivity contribution in [3.05, 3.63) is 0 Å². The predicted molar refractivity (Wildman–Crippen MR) is 27.4 cm³/mol. The van der Waals surface area contributed by atoms with E-state index < -0.39 is 10.4 Å². The van der Waals surface area contributed by atoms with Crippen molar-refractivity contribution in [2.24, 2.45) is 0 Å². The van der Waals surface area contributed by atoms with Crippen molar-refractivity contribution in [2.45, 2.75) is 3.79 Å². The molecule has 0 amide bonds. The molecule has 0 aromatic heterocycles. The molecule has 0 atom stereocenters. The Hall–Kier alpha value is 1.54. The average molecular weight is 197 g/mol. The fourth-order valence-electron chi connectivity index (χ4n) is 0. The fraction of sp³-hybridized carbons (Fsp3) is 1.00. The SMILES string of the molecule is OCC(Cl)(Cl)Cl.[Ti]. The van der Waals surface area contributed by atoms with E-state index in [-0.39, 0.29) is 21.7 Å². The summed E-state index contributed by atoms with van der Waals surface area (Å²) in [6, 6.07) is 0. The smallest absolute Gasteiger partial charge is 0.213 e. The summed E-state index contributed by atoms with van der Waals surface area (Å²) < 4.78 is -1.49. The summed E-state index contributed by atoms with van der Waals surface area (Å²) in [6.45, 7) is -0.433. The first-order chi connectivity index (χ1) is 2.56. The van der Waals surface area contributed by atoms with Gasteiger partial charge in [0.2, 0.25) is 3.79 Å². The summed E-state index contributed by atoms with van der Waals surface area (Å²) in [5.74, 6) is 0. The van der Waals surface area contributed by atoms with Crippen molar-refractivity contribution in [1.29, 1.82) is 0 Å². The van der Waals surface area contributed by atoms with Gasteiger partial charge in [-0.25, -0.2) is 0 Å². The second kappa shape index (κ2) is 4.43. The number of aliphatic hydroxyl groups is 1. The minimum atomic E-state index is -1.49. The van der Waals surface area contributed by atoms with Gasteiger partial charge in [0.25, 0.3) is 0 Å². The van der Waals surface area contributed by atoms with E-state index in [9.17, 15) is 0 Å². The van der Waals surface area contributed by atoms with Crippen LogP contribution in [-0.2, 0) is 21.7 Å². The molecule has 0 aromatic rings. The Kier molecular flexibility index (Phi) is 7.18. The van der Waals surface area contributed by atoms with Crippen LogP contribution in [0.1, 0.15) is 0 Å². The maximum absolute atomic E-state index is 8.01. The monoisotopic (exact) mass is 196 g/mol. The molecule has 0 aliphatic carbocycles. The third kappa shape index (κ3) is 11.2. The van der Waals surface area contributed by atoms with E-state index in [1.807, 2.05) is 0 Å². The van der Waals surface area contributed by atoms with Gasteiger partial charge < -0.3 is 5.11 Å². The van der Waals surface area contributed by atoms with Gasteiger partial charge in [-0.2, -0.15) is 0 Å². The van der Waals surface area contributed by atoms with Crippen LogP contribution in [0, 0.1) is 0 Å². The van der Waals surface area contributed by atoms with Crippen LogP contribution in [-0.4, -0.2) is 15.5 Å². The van der Waals surface area contributed by atoms with E-state index >= 15 is 0 Å². The maximum atomic E-state index is 8.01. The Bertz CT molecular complexity index is 42.7. The third-order valence-electron chi connectivity index (χ3n) is 0.179. The topological polar surface area (TPSA) is 20.2 Å². The second-order valence-electron chi connectivity index (χ2n) is 0.773. The Labute approximate surface area is 71.8 Å². The molecule has 0 saturated carbocycles. The summed E-state index contributed by atoms with van der Waals surface area (Å²) in [5.41, 5.74) is 0. The fourth-order valence-corrected chi connectivity index (χ4v) is 0. The predicted octanol–water partition coefficient (Wildman–Crippen LogP) is 1.35. The molecular formula is C2H3Cl3OTi. The van der Waals surface area contributed by atoms with Crippen LogP contribution in [0.15, 0.2) is 0 Å². The molecule has 0 saturated heterocycles. The van der Waals surface area contributed by atoms with Crippen molar-refractivity contribution in [1.82, 2.24) is 0 Å². The van der Waals surface area contributed by atoms with Crippen molar-refractivity contribution in [3.63, 3.8) is 0 Å². The number of hydrogen-bond donors (Lipinski definition) is 1. The first-order valence-corrected chi connectivity index (χ1v) is 2.37. The number of hydrogen-bond acceptors (Lipinski definition) is 1. The minimum absolute atomic E-state index is 0. The largest absolute Gasteiger partial charge is 0.392 e. The molecule has 0 rings (SSSR count). The van der Waals surface area contributed by atoms with Gasteiger partial charge in [-0.1, -0.05) is 34.8 Å². The van der Waals surface area contributed by atoms with Crippen LogP contribution in [0.3, 0.4) is 0 Å². The zero-order valence-corrected chi connectivity index (χ0v) is 7.12. The van der Waals surface area contributed by atoms with Crippen LogP contribution >= 0.6 is 34.8 Å². The molecule has 1 nitrogen and oxygen atoms in total. The number of halogens is 3. The average Bonchev–Trinajstić information content (AvgIpc) is 1.35. The van der Waals surface area contributed by atoms with Gasteiger partial charge >= 0.3 is 0 Å². The molecule has 0 heterocycles. The van der Waals surface area contributed by atoms with Crippen LogP contribution in [0.5, 0.6) is 0 Å². The van der Waals surface area contributed by atoms with Crippen LogP contribution in [0.4, 0.5) is 0 Å². The molecule has 0 aromatic carbocycles. The summed E-state index contributed by atoms with van der Waals surface area (Å²) >= 11 is 15.0. The molecule has 0 fully saturated rings. The number of alkyl halides is 3. The first kappa shape index (κ1) is 11.4. The van der Waals surface area contributed by atoms with E-state index in [1.54, 1.807) is 0 Å². The zero-order valence-electron chi connectivity index (χ0n) is 3.29. The summed E-state index contributed by atoms with van der Waals surface area (Å²) in [7, 11) is 0. The summed E-state index contributed by atoms with van der Waals surface area (Å²) in [5, 5.41) is 8.01. The van der Waals surface area contributed by atoms with E-state index in [0.717, 1.165) is 0 Å². The Balaban J connectivity index is 0. The molecular weight excluding hydrogens is 194 g/mol.